The fraction of sp³-hybridized carbons (Fsp3) is 0.500. The molecular weight excluding hydrogens is 232 g/mol. The third kappa shape index (κ3) is 4.90. The van der Waals surface area contributed by atoms with Gasteiger partial charge in [0.15, 0.2) is 11.6 Å². The molecule has 0 saturated heterocycles. The Morgan fingerprint density at radius 3 is 2.69 bits per heavy atom. The Kier molecular flexibility index (Phi) is 5.71. The van der Waals surface area contributed by atoms with Crippen LogP contribution in [0.5, 0.6) is 0 Å². The molecule has 0 bridgehead atoms. The predicted octanol–water partition coefficient (Wildman–Crippen LogP) is 3.46. The molecule has 1 aromatic carbocycles. The highest BCUT2D eigenvalue weighted by Gasteiger charge is 2.02. The van der Waals surface area contributed by atoms with E-state index in [1.165, 1.54) is 6.07 Å². The van der Waals surface area contributed by atoms with Gasteiger partial charge in [0.25, 0.3) is 0 Å². The van der Waals surface area contributed by atoms with Crippen LogP contribution in [0.25, 0.3) is 0 Å². The summed E-state index contributed by atoms with van der Waals surface area (Å²) in [6, 6.07) is 3.94. The van der Waals surface area contributed by atoms with Gasteiger partial charge in [-0.1, -0.05) is 6.07 Å². The third-order valence-electron chi connectivity index (χ3n) is 2.27. The van der Waals surface area contributed by atoms with Crippen LogP contribution in [-0.2, 0) is 6.54 Å². The molecule has 0 aromatic heterocycles. The highest BCUT2D eigenvalue weighted by Crippen LogP contribution is 2.08. The molecule has 16 heavy (non-hydrogen) atoms. The molecule has 0 aliphatic rings. The number of nitrogens with one attached hydrogen (secondary N) is 1. The molecule has 1 nitrogen and oxygen atoms in total. The Bertz CT molecular complexity index is 329. The van der Waals surface area contributed by atoms with Crippen molar-refractivity contribution in [3.05, 3.63) is 35.4 Å². The van der Waals surface area contributed by atoms with E-state index in [9.17, 15) is 8.78 Å². The van der Waals surface area contributed by atoms with Crippen LogP contribution < -0.4 is 5.32 Å². The monoisotopic (exact) mass is 247 g/mol. The molecule has 0 spiro atoms. The number of hydrogen-bond acceptors (Lipinski definition) is 1. The first-order valence-corrected chi connectivity index (χ1v) is 5.82. The summed E-state index contributed by atoms with van der Waals surface area (Å²) in [4.78, 5) is 0. The summed E-state index contributed by atoms with van der Waals surface area (Å²) in [6.45, 7) is 3.33. The van der Waals surface area contributed by atoms with Crippen LogP contribution in [0.1, 0.15) is 25.3 Å². The summed E-state index contributed by atoms with van der Waals surface area (Å²) in [5.41, 5.74) is 0.748. The van der Waals surface area contributed by atoms with Gasteiger partial charge in [0, 0.05) is 11.9 Å². The molecule has 0 aliphatic heterocycles. The van der Waals surface area contributed by atoms with E-state index in [1.54, 1.807) is 6.07 Å². The maximum atomic E-state index is 12.8. The van der Waals surface area contributed by atoms with E-state index < -0.39 is 11.6 Å². The fourth-order valence-corrected chi connectivity index (χ4v) is 1.54. The highest BCUT2D eigenvalue weighted by molar-refractivity contribution is 6.20. The number of rotatable bonds is 6. The molecule has 1 rings (SSSR count). The molecule has 0 amide bonds. The van der Waals surface area contributed by atoms with Crippen molar-refractivity contribution in [2.45, 2.75) is 31.7 Å². The van der Waals surface area contributed by atoms with E-state index in [4.69, 9.17) is 11.6 Å². The van der Waals surface area contributed by atoms with Gasteiger partial charge in [0.1, 0.15) is 0 Å². The van der Waals surface area contributed by atoms with Crippen molar-refractivity contribution in [1.82, 2.24) is 5.32 Å². The third-order valence-corrected chi connectivity index (χ3v) is 2.49. The second kappa shape index (κ2) is 6.81. The number of alkyl halides is 1. The Balaban J connectivity index is 2.24. The van der Waals surface area contributed by atoms with E-state index in [1.807, 2.05) is 6.92 Å². The largest absolute Gasteiger partial charge is 0.313 e. The van der Waals surface area contributed by atoms with Crippen molar-refractivity contribution in [3.8, 4) is 0 Å². The van der Waals surface area contributed by atoms with E-state index in [0.717, 1.165) is 31.0 Å². The van der Waals surface area contributed by atoms with Gasteiger partial charge in [-0.3, -0.25) is 0 Å². The first-order valence-electron chi connectivity index (χ1n) is 5.38. The Morgan fingerprint density at radius 2 is 2.06 bits per heavy atom. The van der Waals surface area contributed by atoms with Crippen LogP contribution in [0.4, 0.5) is 8.78 Å². The van der Waals surface area contributed by atoms with Gasteiger partial charge in [-0.15, -0.1) is 11.6 Å². The van der Waals surface area contributed by atoms with Crippen LogP contribution in [0, 0.1) is 11.6 Å². The van der Waals surface area contributed by atoms with Crippen LogP contribution in [0.2, 0.25) is 0 Å². The lowest BCUT2D eigenvalue weighted by Gasteiger charge is -2.06. The zero-order valence-corrected chi connectivity index (χ0v) is 10.0. The maximum Gasteiger partial charge on any atom is 0.159 e. The van der Waals surface area contributed by atoms with Crippen LogP contribution in [-0.4, -0.2) is 11.9 Å². The van der Waals surface area contributed by atoms with Crippen LogP contribution in [0.15, 0.2) is 18.2 Å². The zero-order valence-electron chi connectivity index (χ0n) is 9.27. The predicted molar refractivity (Wildman–Crippen MR) is 62.6 cm³/mol. The normalized spacial score (nSPS) is 12.8. The molecule has 1 unspecified atom stereocenters. The molecular formula is C12H16ClF2N. The van der Waals surface area contributed by atoms with Gasteiger partial charge in [0.2, 0.25) is 0 Å². The first kappa shape index (κ1) is 13.4. The summed E-state index contributed by atoms with van der Waals surface area (Å²) < 4.78 is 25.5. The fourth-order valence-electron chi connectivity index (χ4n) is 1.39. The molecule has 0 heterocycles. The van der Waals surface area contributed by atoms with Crippen molar-refractivity contribution in [1.29, 1.82) is 0 Å². The molecule has 0 radical (unpaired) electrons. The molecule has 1 atom stereocenters. The SMILES string of the molecule is CC(Cl)CCCNCc1ccc(F)c(F)c1. The van der Waals surface area contributed by atoms with Crippen LogP contribution >= 0.6 is 11.6 Å². The van der Waals surface area contributed by atoms with Gasteiger partial charge in [-0.2, -0.15) is 0 Å². The summed E-state index contributed by atoms with van der Waals surface area (Å²) in [5, 5.41) is 3.34. The standard InChI is InChI=1S/C12H16ClF2N/c1-9(13)3-2-6-16-8-10-4-5-11(14)12(15)7-10/h4-5,7,9,16H,2-3,6,8H2,1H3. The Morgan fingerprint density at radius 1 is 1.31 bits per heavy atom. The lowest BCUT2D eigenvalue weighted by molar-refractivity contribution is 0.505. The van der Waals surface area contributed by atoms with Crippen molar-refractivity contribution in [2.24, 2.45) is 0 Å². The molecule has 0 saturated carbocycles. The lowest BCUT2D eigenvalue weighted by atomic mass is 10.2. The summed E-state index contributed by atoms with van der Waals surface area (Å²) in [6.07, 6.45) is 1.93. The van der Waals surface area contributed by atoms with Crippen LogP contribution in [0.3, 0.4) is 0 Å². The molecule has 1 aromatic rings. The first-order chi connectivity index (χ1) is 7.59. The quantitative estimate of drug-likeness (QED) is 0.600. The van der Waals surface area contributed by atoms with Gasteiger partial charge in [0.05, 0.1) is 0 Å². The Labute approximate surface area is 99.8 Å². The number of halogens is 3. The molecule has 0 aliphatic carbocycles. The lowest BCUT2D eigenvalue weighted by Crippen LogP contribution is -2.15. The topological polar surface area (TPSA) is 12.0 Å². The van der Waals surface area contributed by atoms with Crippen molar-refractivity contribution < 1.29 is 8.78 Å². The second-order valence-electron chi connectivity index (χ2n) is 3.85. The summed E-state index contributed by atoms with van der Waals surface area (Å²) in [5.74, 6) is -1.60. The molecule has 0 fully saturated rings. The van der Waals surface area contributed by atoms with Gasteiger partial charge >= 0.3 is 0 Å². The minimum atomic E-state index is -0.806. The van der Waals surface area contributed by atoms with E-state index in [-0.39, 0.29) is 5.38 Å². The number of benzene rings is 1. The van der Waals surface area contributed by atoms with E-state index in [0.29, 0.717) is 6.54 Å². The van der Waals surface area contributed by atoms with Gasteiger partial charge < -0.3 is 5.32 Å². The smallest absolute Gasteiger partial charge is 0.159 e. The highest BCUT2D eigenvalue weighted by atomic mass is 35.5. The average molecular weight is 248 g/mol. The second-order valence-corrected chi connectivity index (χ2v) is 4.59. The molecule has 90 valence electrons. The van der Waals surface area contributed by atoms with Gasteiger partial charge in [-0.25, -0.2) is 8.78 Å². The minimum absolute atomic E-state index is 0.185. The number of hydrogen-bond donors (Lipinski definition) is 1. The molecule has 4 heteroatoms. The summed E-state index contributed by atoms with van der Waals surface area (Å²) >= 11 is 5.79. The van der Waals surface area contributed by atoms with Crippen molar-refractivity contribution in [3.63, 3.8) is 0 Å². The zero-order chi connectivity index (χ0) is 12.0. The van der Waals surface area contributed by atoms with E-state index >= 15 is 0 Å². The Hall–Kier alpha value is -0.670. The van der Waals surface area contributed by atoms with Crippen molar-refractivity contribution >= 4 is 11.6 Å². The average Bonchev–Trinajstić information content (AvgIpc) is 2.22. The summed E-state index contributed by atoms with van der Waals surface area (Å²) in [7, 11) is 0. The maximum absolute atomic E-state index is 12.8. The minimum Gasteiger partial charge on any atom is -0.313 e. The van der Waals surface area contributed by atoms with E-state index in [2.05, 4.69) is 5.32 Å². The molecule has 1 N–H and O–H groups in total. The van der Waals surface area contributed by atoms with Crippen molar-refractivity contribution in [2.75, 3.05) is 6.54 Å². The van der Waals surface area contributed by atoms with Gasteiger partial charge in [-0.05, 0) is 44.0 Å².